The lowest BCUT2D eigenvalue weighted by atomic mass is 10.0. The summed E-state index contributed by atoms with van der Waals surface area (Å²) in [5.41, 5.74) is 2.27. The van der Waals surface area contributed by atoms with Crippen molar-refractivity contribution in [2.45, 2.75) is 12.2 Å². The predicted molar refractivity (Wildman–Crippen MR) is 71.5 cm³/mol. The van der Waals surface area contributed by atoms with Crippen LogP contribution in [0.1, 0.15) is 22.0 Å². The number of hydrogen-bond acceptors (Lipinski definition) is 4. The number of hydrogen-bond donors (Lipinski definition) is 2. The maximum absolute atomic E-state index is 12.7. The van der Waals surface area contributed by atoms with Gasteiger partial charge in [0, 0.05) is 0 Å². The van der Waals surface area contributed by atoms with E-state index in [1.165, 1.54) is 24.5 Å². The Morgan fingerprint density at radius 2 is 2.05 bits per heavy atom. The van der Waals surface area contributed by atoms with Crippen LogP contribution in [0.3, 0.4) is 0 Å². The van der Waals surface area contributed by atoms with Crippen molar-refractivity contribution >= 4 is 11.3 Å². The molecular formula is C13H13F3N2OS. The van der Waals surface area contributed by atoms with Crippen LogP contribution in [0.25, 0.3) is 0 Å². The largest absolute Gasteiger partial charge is 0.496 e. The third kappa shape index (κ3) is 2.95. The Kier molecular flexibility index (Phi) is 4.32. The summed E-state index contributed by atoms with van der Waals surface area (Å²) in [4.78, 5) is 0.731. The molecule has 0 spiro atoms. The van der Waals surface area contributed by atoms with E-state index in [2.05, 4.69) is 5.43 Å². The van der Waals surface area contributed by atoms with Gasteiger partial charge in [0.05, 0.1) is 23.6 Å². The number of alkyl halides is 3. The lowest BCUT2D eigenvalue weighted by molar-refractivity contribution is -0.137. The molecule has 0 saturated heterocycles. The molecule has 2 aromatic rings. The van der Waals surface area contributed by atoms with Gasteiger partial charge >= 0.3 is 6.18 Å². The third-order valence-corrected chi connectivity index (χ3v) is 3.82. The van der Waals surface area contributed by atoms with E-state index in [1.807, 2.05) is 0 Å². The molecule has 20 heavy (non-hydrogen) atoms. The van der Waals surface area contributed by atoms with Crippen LogP contribution in [0.5, 0.6) is 5.75 Å². The number of ether oxygens (including phenoxy) is 1. The normalized spacial score (nSPS) is 13.2. The lowest BCUT2D eigenvalue weighted by Gasteiger charge is -2.18. The standard InChI is InChI=1S/C13H13F3N2OS/c1-19-10-5-6-20-12(10)11(18-17)8-3-2-4-9(7-8)13(14,15)16/h2-7,11,18H,17H2,1H3. The van der Waals surface area contributed by atoms with E-state index in [0.29, 0.717) is 11.3 Å². The van der Waals surface area contributed by atoms with E-state index >= 15 is 0 Å². The quantitative estimate of drug-likeness (QED) is 0.673. The molecule has 0 aliphatic heterocycles. The first-order chi connectivity index (χ1) is 9.47. The van der Waals surface area contributed by atoms with Gasteiger partial charge < -0.3 is 4.74 Å². The summed E-state index contributed by atoms with van der Waals surface area (Å²) in [5.74, 6) is 6.09. The van der Waals surface area contributed by atoms with Crippen molar-refractivity contribution in [3.63, 3.8) is 0 Å². The first-order valence-corrected chi connectivity index (χ1v) is 6.60. The molecule has 0 aliphatic carbocycles. The number of rotatable bonds is 4. The van der Waals surface area contributed by atoms with Crippen LogP contribution in [-0.4, -0.2) is 7.11 Å². The van der Waals surface area contributed by atoms with Crippen LogP contribution in [0.15, 0.2) is 35.7 Å². The molecule has 0 aliphatic rings. The van der Waals surface area contributed by atoms with Gasteiger partial charge in [0.15, 0.2) is 0 Å². The number of benzene rings is 1. The molecular weight excluding hydrogens is 289 g/mol. The highest BCUT2D eigenvalue weighted by molar-refractivity contribution is 7.10. The van der Waals surface area contributed by atoms with Gasteiger partial charge in [-0.2, -0.15) is 13.2 Å². The zero-order valence-electron chi connectivity index (χ0n) is 10.6. The van der Waals surface area contributed by atoms with Gasteiger partial charge in [0.2, 0.25) is 0 Å². The molecule has 7 heteroatoms. The Morgan fingerprint density at radius 1 is 1.30 bits per heavy atom. The molecule has 3 N–H and O–H groups in total. The summed E-state index contributed by atoms with van der Waals surface area (Å²) in [6.07, 6.45) is -4.38. The molecule has 3 nitrogen and oxygen atoms in total. The second-order valence-electron chi connectivity index (χ2n) is 4.08. The number of thiophene rings is 1. The van der Waals surface area contributed by atoms with Gasteiger partial charge in [0.25, 0.3) is 0 Å². The number of halogens is 3. The molecule has 2 rings (SSSR count). The zero-order valence-corrected chi connectivity index (χ0v) is 11.4. The lowest BCUT2D eigenvalue weighted by Crippen LogP contribution is -2.28. The summed E-state index contributed by atoms with van der Waals surface area (Å²) in [5, 5.41) is 1.80. The second-order valence-corrected chi connectivity index (χ2v) is 5.02. The van der Waals surface area contributed by atoms with Crippen LogP contribution in [0.2, 0.25) is 0 Å². The highest BCUT2D eigenvalue weighted by Crippen LogP contribution is 2.36. The van der Waals surface area contributed by atoms with E-state index in [1.54, 1.807) is 17.5 Å². The Hall–Kier alpha value is -1.57. The molecule has 108 valence electrons. The van der Waals surface area contributed by atoms with Crippen LogP contribution in [-0.2, 0) is 6.18 Å². The monoisotopic (exact) mass is 302 g/mol. The molecule has 1 aromatic heterocycles. The van der Waals surface area contributed by atoms with Crippen molar-refractivity contribution in [3.05, 3.63) is 51.7 Å². The van der Waals surface area contributed by atoms with Crippen molar-refractivity contribution in [3.8, 4) is 5.75 Å². The highest BCUT2D eigenvalue weighted by Gasteiger charge is 2.31. The molecule has 1 atom stereocenters. The zero-order chi connectivity index (χ0) is 14.8. The fourth-order valence-corrected chi connectivity index (χ4v) is 2.85. The van der Waals surface area contributed by atoms with Crippen LogP contribution in [0.4, 0.5) is 13.2 Å². The topological polar surface area (TPSA) is 47.3 Å². The minimum atomic E-state index is -4.38. The SMILES string of the molecule is COc1ccsc1C(NN)c1cccc(C(F)(F)F)c1. The van der Waals surface area contributed by atoms with E-state index < -0.39 is 17.8 Å². The molecule has 1 heterocycles. The average Bonchev–Trinajstić information content (AvgIpc) is 2.87. The minimum Gasteiger partial charge on any atom is -0.496 e. The number of methoxy groups -OCH3 is 1. The van der Waals surface area contributed by atoms with Crippen molar-refractivity contribution < 1.29 is 17.9 Å². The van der Waals surface area contributed by atoms with Crippen LogP contribution in [0, 0.1) is 0 Å². The van der Waals surface area contributed by atoms with Crippen molar-refractivity contribution in [2.24, 2.45) is 5.84 Å². The fraction of sp³-hybridized carbons (Fsp3) is 0.231. The molecule has 0 radical (unpaired) electrons. The van der Waals surface area contributed by atoms with E-state index in [4.69, 9.17) is 10.6 Å². The van der Waals surface area contributed by atoms with Gasteiger partial charge in [-0.1, -0.05) is 12.1 Å². The van der Waals surface area contributed by atoms with Gasteiger partial charge in [-0.25, -0.2) is 5.43 Å². The predicted octanol–water partition coefficient (Wildman–Crippen LogP) is 3.33. The van der Waals surface area contributed by atoms with Gasteiger partial charge in [-0.3, -0.25) is 5.84 Å². The minimum absolute atomic E-state index is 0.433. The molecule has 1 aromatic carbocycles. The Labute approximate surface area is 118 Å². The van der Waals surface area contributed by atoms with Crippen molar-refractivity contribution in [2.75, 3.05) is 7.11 Å². The summed E-state index contributed by atoms with van der Waals surface area (Å²) in [7, 11) is 1.51. The van der Waals surface area contributed by atoms with Crippen molar-refractivity contribution in [1.82, 2.24) is 5.43 Å². The molecule has 0 amide bonds. The summed E-state index contributed by atoms with van der Waals surface area (Å²) in [6, 6.07) is 6.28. The summed E-state index contributed by atoms with van der Waals surface area (Å²) < 4.78 is 43.4. The van der Waals surface area contributed by atoms with E-state index in [-0.39, 0.29) is 0 Å². The Morgan fingerprint density at radius 3 is 2.65 bits per heavy atom. The maximum atomic E-state index is 12.7. The second kappa shape index (κ2) is 5.82. The molecule has 0 bridgehead atoms. The van der Waals surface area contributed by atoms with Crippen molar-refractivity contribution in [1.29, 1.82) is 0 Å². The Balaban J connectivity index is 2.43. The first-order valence-electron chi connectivity index (χ1n) is 5.72. The third-order valence-electron chi connectivity index (χ3n) is 2.85. The molecule has 0 saturated carbocycles. The number of nitrogens with one attached hydrogen (secondary N) is 1. The number of hydrazine groups is 1. The Bertz CT molecular complexity index is 583. The van der Waals surface area contributed by atoms with Gasteiger partial charge in [-0.05, 0) is 29.1 Å². The van der Waals surface area contributed by atoms with Gasteiger partial charge in [-0.15, -0.1) is 11.3 Å². The smallest absolute Gasteiger partial charge is 0.416 e. The average molecular weight is 302 g/mol. The fourth-order valence-electron chi connectivity index (χ4n) is 1.91. The molecule has 0 fully saturated rings. The summed E-state index contributed by atoms with van der Waals surface area (Å²) in [6.45, 7) is 0. The first kappa shape index (κ1) is 14.8. The maximum Gasteiger partial charge on any atom is 0.416 e. The van der Waals surface area contributed by atoms with Gasteiger partial charge in [0.1, 0.15) is 5.75 Å². The summed E-state index contributed by atoms with van der Waals surface area (Å²) >= 11 is 1.37. The van der Waals surface area contributed by atoms with Crippen LogP contribution < -0.4 is 16.0 Å². The highest BCUT2D eigenvalue weighted by atomic mass is 32.1. The van der Waals surface area contributed by atoms with E-state index in [9.17, 15) is 13.2 Å². The van der Waals surface area contributed by atoms with E-state index in [0.717, 1.165) is 17.0 Å². The molecule has 1 unspecified atom stereocenters. The van der Waals surface area contributed by atoms with Crippen LogP contribution >= 0.6 is 11.3 Å². The number of nitrogens with two attached hydrogens (primary N) is 1.